The Morgan fingerprint density at radius 1 is 1.09 bits per heavy atom. The third kappa shape index (κ3) is 4.37. The summed E-state index contributed by atoms with van der Waals surface area (Å²) < 4.78 is 25.2. The zero-order chi connectivity index (χ0) is 16.9. The number of hydrogen-bond donors (Lipinski definition) is 0. The first-order valence-electron chi connectivity index (χ1n) is 8.05. The predicted molar refractivity (Wildman–Crippen MR) is 91.1 cm³/mol. The normalized spacial score (nSPS) is 11.9. The molecule has 1 aromatic carbocycles. The zero-order valence-electron chi connectivity index (χ0n) is 13.7. The highest BCUT2D eigenvalue weighted by Gasteiger charge is 2.18. The van der Waals surface area contributed by atoms with Gasteiger partial charge in [0.2, 0.25) is 0 Å². The molecule has 0 aliphatic carbocycles. The smallest absolute Gasteiger partial charge is 0.266 e. The molecule has 0 fully saturated rings. The van der Waals surface area contributed by atoms with Gasteiger partial charge < -0.3 is 0 Å². The Hall–Kier alpha value is -1.76. The van der Waals surface area contributed by atoms with E-state index in [4.69, 9.17) is 0 Å². The van der Waals surface area contributed by atoms with Crippen LogP contribution >= 0.6 is 0 Å². The summed E-state index contributed by atoms with van der Waals surface area (Å²) in [5.74, 6) is -0.0783. The first-order chi connectivity index (χ1) is 11.0. The quantitative estimate of drug-likeness (QED) is 0.692. The van der Waals surface area contributed by atoms with Gasteiger partial charge in [-0.3, -0.25) is 4.79 Å². The van der Waals surface area contributed by atoms with Gasteiger partial charge in [-0.05, 0) is 30.7 Å². The lowest BCUT2D eigenvalue weighted by atomic mass is 10.1. The molecule has 1 aromatic heterocycles. The molecule has 6 nitrogen and oxygen atoms in total. The van der Waals surface area contributed by atoms with Crippen molar-refractivity contribution >= 4 is 20.9 Å². The Kier molecular flexibility index (Phi) is 5.87. The summed E-state index contributed by atoms with van der Waals surface area (Å²) in [4.78, 5) is 12.4. The van der Waals surface area contributed by atoms with Gasteiger partial charge in [-0.1, -0.05) is 54.7 Å². The van der Waals surface area contributed by atoms with Crippen molar-refractivity contribution in [3.8, 4) is 0 Å². The third-order valence-electron chi connectivity index (χ3n) is 3.81. The summed E-state index contributed by atoms with van der Waals surface area (Å²) in [5, 5.41) is 7.74. The molecular formula is C16H23N3O3S. The van der Waals surface area contributed by atoms with E-state index in [2.05, 4.69) is 17.2 Å². The van der Waals surface area contributed by atoms with Crippen LogP contribution in [-0.4, -0.2) is 28.6 Å². The number of unbranched alkanes of at least 4 members (excludes halogenated alkanes) is 5. The van der Waals surface area contributed by atoms with Gasteiger partial charge in [0, 0.05) is 0 Å². The van der Waals surface area contributed by atoms with Crippen LogP contribution in [0.1, 0.15) is 51.0 Å². The predicted octanol–water partition coefficient (Wildman–Crippen LogP) is 2.64. The maximum atomic E-state index is 12.4. The Morgan fingerprint density at radius 3 is 2.52 bits per heavy atom. The average Bonchev–Trinajstić information content (AvgIpc) is 2.51. The fourth-order valence-electron chi connectivity index (χ4n) is 2.47. The second-order valence-corrected chi connectivity index (χ2v) is 7.76. The van der Waals surface area contributed by atoms with Crippen LogP contribution in [0, 0.1) is 6.92 Å². The van der Waals surface area contributed by atoms with Crippen LogP contribution in [-0.2, 0) is 10.0 Å². The van der Waals surface area contributed by atoms with E-state index in [9.17, 15) is 13.2 Å². The first-order valence-corrected chi connectivity index (χ1v) is 9.66. The summed E-state index contributed by atoms with van der Waals surface area (Å²) in [6, 6.07) is 5.12. The Balaban J connectivity index is 2.15. The highest BCUT2D eigenvalue weighted by molar-refractivity contribution is 7.89. The van der Waals surface area contributed by atoms with Crippen molar-refractivity contribution in [2.75, 3.05) is 5.75 Å². The standard InChI is InChI=1S/C16H23N3O3S/c1-3-4-5-6-7-8-11-23(21,22)19-16(20)14-12-13(2)9-10-15(14)17-18-19/h9-10,12H,3-8,11H2,1-2H3. The summed E-state index contributed by atoms with van der Waals surface area (Å²) in [6.07, 6.45) is 5.83. The van der Waals surface area contributed by atoms with Crippen molar-refractivity contribution in [1.29, 1.82) is 0 Å². The van der Waals surface area contributed by atoms with Gasteiger partial charge in [0.05, 0.1) is 11.1 Å². The number of rotatable bonds is 8. The molecule has 7 heteroatoms. The lowest BCUT2D eigenvalue weighted by molar-refractivity contribution is 0.562. The van der Waals surface area contributed by atoms with Crippen molar-refractivity contribution in [3.63, 3.8) is 0 Å². The minimum Gasteiger partial charge on any atom is -0.266 e. The molecule has 0 radical (unpaired) electrons. The van der Waals surface area contributed by atoms with Crippen LogP contribution in [0.4, 0.5) is 0 Å². The molecular weight excluding hydrogens is 314 g/mol. The number of nitrogens with zero attached hydrogens (tertiary/aromatic N) is 3. The minimum atomic E-state index is -3.76. The van der Waals surface area contributed by atoms with E-state index in [0.717, 1.165) is 31.2 Å². The molecule has 0 aliphatic rings. The number of aromatic nitrogens is 3. The van der Waals surface area contributed by atoms with E-state index in [-0.39, 0.29) is 11.1 Å². The number of aryl methyl sites for hydroxylation is 1. The molecule has 0 N–H and O–H groups in total. The topological polar surface area (TPSA) is 81.9 Å². The molecule has 23 heavy (non-hydrogen) atoms. The van der Waals surface area contributed by atoms with Crippen molar-refractivity contribution in [3.05, 3.63) is 34.1 Å². The molecule has 0 saturated carbocycles. The molecule has 126 valence electrons. The van der Waals surface area contributed by atoms with E-state index >= 15 is 0 Å². The largest absolute Gasteiger partial charge is 0.292 e. The molecule has 0 spiro atoms. The minimum absolute atomic E-state index is 0.0783. The van der Waals surface area contributed by atoms with Gasteiger partial charge in [-0.15, -0.1) is 5.10 Å². The lowest BCUT2D eigenvalue weighted by Crippen LogP contribution is -2.32. The van der Waals surface area contributed by atoms with Crippen molar-refractivity contribution in [2.45, 2.75) is 52.4 Å². The maximum absolute atomic E-state index is 12.4. The van der Waals surface area contributed by atoms with E-state index < -0.39 is 15.6 Å². The van der Waals surface area contributed by atoms with Crippen molar-refractivity contribution in [1.82, 2.24) is 14.4 Å². The van der Waals surface area contributed by atoms with Gasteiger partial charge in [0.1, 0.15) is 5.52 Å². The first kappa shape index (κ1) is 17.6. The fraction of sp³-hybridized carbons (Fsp3) is 0.562. The molecule has 0 unspecified atom stereocenters. The second kappa shape index (κ2) is 7.68. The molecule has 1 heterocycles. The van der Waals surface area contributed by atoms with Crippen LogP contribution < -0.4 is 5.56 Å². The Morgan fingerprint density at radius 2 is 1.78 bits per heavy atom. The van der Waals surface area contributed by atoms with Crippen molar-refractivity contribution < 1.29 is 8.42 Å². The molecule has 2 aromatic rings. The molecule has 0 aliphatic heterocycles. The summed E-state index contributed by atoms with van der Waals surface area (Å²) in [5.41, 5.74) is 0.666. The molecule has 0 bridgehead atoms. The maximum Gasteiger partial charge on any atom is 0.292 e. The molecule has 0 amide bonds. The molecule has 2 rings (SSSR count). The van der Waals surface area contributed by atoms with Gasteiger partial charge >= 0.3 is 0 Å². The van der Waals surface area contributed by atoms with E-state index in [1.54, 1.807) is 12.1 Å². The summed E-state index contributed by atoms with van der Waals surface area (Å²) in [6.45, 7) is 3.98. The monoisotopic (exact) mass is 337 g/mol. The zero-order valence-corrected chi connectivity index (χ0v) is 14.5. The summed E-state index contributed by atoms with van der Waals surface area (Å²) >= 11 is 0. The Labute approximate surface area is 136 Å². The third-order valence-corrected chi connectivity index (χ3v) is 5.38. The van der Waals surface area contributed by atoms with Crippen LogP contribution in [0.25, 0.3) is 10.9 Å². The van der Waals surface area contributed by atoms with E-state index in [1.807, 2.05) is 13.0 Å². The van der Waals surface area contributed by atoms with Gasteiger partial charge in [-0.25, -0.2) is 8.42 Å². The highest BCUT2D eigenvalue weighted by atomic mass is 32.2. The van der Waals surface area contributed by atoms with E-state index in [0.29, 0.717) is 16.0 Å². The number of benzene rings is 1. The SMILES string of the molecule is CCCCCCCCS(=O)(=O)n1nnc2ccc(C)cc2c1=O. The van der Waals surface area contributed by atoms with Gasteiger partial charge in [0.15, 0.2) is 0 Å². The number of fused-ring (bicyclic) bond motifs is 1. The fourth-order valence-corrected chi connectivity index (χ4v) is 3.71. The Bertz CT molecular complexity index is 828. The van der Waals surface area contributed by atoms with Crippen LogP contribution in [0.3, 0.4) is 0 Å². The van der Waals surface area contributed by atoms with Crippen molar-refractivity contribution in [2.24, 2.45) is 0 Å². The van der Waals surface area contributed by atoms with Crippen LogP contribution in [0.15, 0.2) is 23.0 Å². The van der Waals surface area contributed by atoms with Crippen LogP contribution in [0.5, 0.6) is 0 Å². The van der Waals surface area contributed by atoms with E-state index in [1.165, 1.54) is 6.42 Å². The number of hydrogen-bond acceptors (Lipinski definition) is 5. The average molecular weight is 337 g/mol. The van der Waals surface area contributed by atoms with Gasteiger partial charge in [0.25, 0.3) is 15.6 Å². The second-order valence-electron chi connectivity index (χ2n) is 5.84. The van der Waals surface area contributed by atoms with Gasteiger partial charge in [-0.2, -0.15) is 0 Å². The van der Waals surface area contributed by atoms with Crippen LogP contribution in [0.2, 0.25) is 0 Å². The highest BCUT2D eigenvalue weighted by Crippen LogP contribution is 2.10. The molecule has 0 atom stereocenters. The molecule has 0 saturated heterocycles. The lowest BCUT2D eigenvalue weighted by Gasteiger charge is -2.06. The summed E-state index contributed by atoms with van der Waals surface area (Å²) in [7, 11) is -3.76.